The predicted molar refractivity (Wildman–Crippen MR) is 145 cm³/mol. The van der Waals surface area contributed by atoms with E-state index in [1.165, 1.54) is 24.7 Å². The first-order chi connectivity index (χ1) is 18.6. The molecule has 3 aromatic heterocycles. The molecule has 1 N–H and O–H groups in total. The van der Waals surface area contributed by atoms with Crippen LogP contribution in [0.3, 0.4) is 0 Å². The van der Waals surface area contributed by atoms with Crippen molar-refractivity contribution in [1.82, 2.24) is 34.7 Å². The molecule has 196 valence electrons. The number of methoxy groups -OCH3 is 1. The highest BCUT2D eigenvalue weighted by Crippen LogP contribution is 2.33. The Bertz CT molecular complexity index is 1440. The maximum absolute atomic E-state index is 12.5. The molecular formula is C29H33N7O2. The number of amides is 1. The Kier molecular flexibility index (Phi) is 6.76. The molecule has 1 saturated carbocycles. The highest BCUT2D eigenvalue weighted by Gasteiger charge is 2.29. The van der Waals surface area contributed by atoms with Crippen molar-refractivity contribution in [2.45, 2.75) is 38.6 Å². The molecule has 1 aliphatic carbocycles. The zero-order chi connectivity index (χ0) is 26.1. The second-order valence-corrected chi connectivity index (χ2v) is 10.4. The first kappa shape index (κ1) is 24.5. The standard InChI is InChI=1S/C29H33N7O2/c1-19(35-9-11-36(12-10-35)28(37)13-20-3-4-20)21-7-8-31-23(14-21)16-27-33-24-6-5-22(15-25(24)34-27)29-26(38-2)17-30-18-32-29/h5-8,14-15,17-20H,3-4,9-13,16H2,1-2H3,(H,33,34). The van der Waals surface area contributed by atoms with Crippen LogP contribution in [-0.2, 0) is 11.2 Å². The lowest BCUT2D eigenvalue weighted by molar-refractivity contribution is -0.133. The Hall–Kier alpha value is -3.85. The number of rotatable bonds is 8. The van der Waals surface area contributed by atoms with Gasteiger partial charge >= 0.3 is 0 Å². The molecule has 1 aliphatic heterocycles. The summed E-state index contributed by atoms with van der Waals surface area (Å²) in [4.78, 5) is 38.3. The van der Waals surface area contributed by atoms with Crippen molar-refractivity contribution in [3.8, 4) is 17.0 Å². The molecule has 6 rings (SSSR count). The van der Waals surface area contributed by atoms with Crippen molar-refractivity contribution >= 4 is 16.9 Å². The number of imidazole rings is 1. The van der Waals surface area contributed by atoms with E-state index in [0.717, 1.165) is 66.4 Å². The number of aromatic nitrogens is 5. The van der Waals surface area contributed by atoms with Crippen molar-refractivity contribution in [2.24, 2.45) is 5.92 Å². The van der Waals surface area contributed by atoms with Gasteiger partial charge in [0.1, 0.15) is 17.8 Å². The summed E-state index contributed by atoms with van der Waals surface area (Å²) < 4.78 is 5.42. The Morgan fingerprint density at radius 2 is 1.97 bits per heavy atom. The molecule has 2 aliphatic rings. The topological polar surface area (TPSA) is 100 Å². The highest BCUT2D eigenvalue weighted by atomic mass is 16.5. The average Bonchev–Trinajstić information content (AvgIpc) is 3.68. The third-order valence-corrected chi connectivity index (χ3v) is 7.75. The minimum Gasteiger partial charge on any atom is -0.493 e. The summed E-state index contributed by atoms with van der Waals surface area (Å²) in [6, 6.07) is 10.6. The zero-order valence-corrected chi connectivity index (χ0v) is 21.9. The SMILES string of the molecule is COc1cncnc1-c1ccc2nc(Cc3cc(C(C)N4CCN(C(=O)CC5CC5)CC4)ccn3)[nH]c2c1. The van der Waals surface area contributed by atoms with Crippen molar-refractivity contribution in [2.75, 3.05) is 33.3 Å². The molecule has 38 heavy (non-hydrogen) atoms. The van der Waals surface area contributed by atoms with Gasteiger partial charge in [0.25, 0.3) is 0 Å². The van der Waals surface area contributed by atoms with E-state index in [-0.39, 0.29) is 6.04 Å². The fraction of sp³-hybridized carbons (Fsp3) is 0.414. The van der Waals surface area contributed by atoms with Crippen molar-refractivity contribution < 1.29 is 9.53 Å². The lowest BCUT2D eigenvalue weighted by Crippen LogP contribution is -2.49. The molecule has 4 heterocycles. The van der Waals surface area contributed by atoms with Gasteiger partial charge < -0.3 is 14.6 Å². The third-order valence-electron chi connectivity index (χ3n) is 7.75. The number of aromatic amines is 1. The van der Waals surface area contributed by atoms with Gasteiger partial charge in [-0.05, 0) is 55.5 Å². The Balaban J connectivity index is 1.13. The molecular weight excluding hydrogens is 478 g/mol. The number of H-pyrrole nitrogens is 1. The molecule has 9 nitrogen and oxygen atoms in total. The second-order valence-electron chi connectivity index (χ2n) is 10.4. The smallest absolute Gasteiger partial charge is 0.222 e. The summed E-state index contributed by atoms with van der Waals surface area (Å²) in [7, 11) is 1.62. The van der Waals surface area contributed by atoms with Crippen LogP contribution in [0.5, 0.6) is 5.75 Å². The van der Waals surface area contributed by atoms with Crippen LogP contribution in [0.2, 0.25) is 0 Å². The van der Waals surface area contributed by atoms with Gasteiger partial charge in [0, 0.05) is 62.5 Å². The summed E-state index contributed by atoms with van der Waals surface area (Å²) in [5, 5.41) is 0. The summed E-state index contributed by atoms with van der Waals surface area (Å²) in [6.45, 7) is 5.67. The van der Waals surface area contributed by atoms with Gasteiger partial charge in [-0.15, -0.1) is 0 Å². The fourth-order valence-corrected chi connectivity index (χ4v) is 5.27. The number of ether oxygens (including phenoxy) is 1. The zero-order valence-electron chi connectivity index (χ0n) is 21.9. The first-order valence-corrected chi connectivity index (χ1v) is 13.4. The molecule has 1 amide bonds. The number of piperazine rings is 1. The number of nitrogens with one attached hydrogen (secondary N) is 1. The number of hydrogen-bond donors (Lipinski definition) is 1. The lowest BCUT2D eigenvalue weighted by Gasteiger charge is -2.38. The second kappa shape index (κ2) is 10.5. The summed E-state index contributed by atoms with van der Waals surface area (Å²) in [6.07, 6.45) is 8.87. The van der Waals surface area contributed by atoms with E-state index in [1.807, 2.05) is 29.3 Å². The number of nitrogens with zero attached hydrogens (tertiary/aromatic N) is 6. The molecule has 1 saturated heterocycles. The van der Waals surface area contributed by atoms with Crippen molar-refractivity contribution in [3.63, 3.8) is 0 Å². The van der Waals surface area contributed by atoms with Crippen LogP contribution in [-0.4, -0.2) is 73.9 Å². The fourth-order valence-electron chi connectivity index (χ4n) is 5.27. The quantitative estimate of drug-likeness (QED) is 0.381. The number of benzene rings is 1. The van der Waals surface area contributed by atoms with Gasteiger partial charge in [0.15, 0.2) is 5.75 Å². The molecule has 9 heteroatoms. The molecule has 4 aromatic rings. The first-order valence-electron chi connectivity index (χ1n) is 13.4. The van der Waals surface area contributed by atoms with Crippen LogP contribution >= 0.6 is 0 Å². The molecule has 0 spiro atoms. The average molecular weight is 512 g/mol. The number of pyridine rings is 1. The number of carbonyl (C=O) groups is 1. The van der Waals surface area contributed by atoms with E-state index >= 15 is 0 Å². The molecule has 1 unspecified atom stereocenters. The van der Waals surface area contributed by atoms with Crippen molar-refractivity contribution in [1.29, 1.82) is 0 Å². The maximum atomic E-state index is 12.5. The van der Waals surface area contributed by atoms with E-state index in [0.29, 0.717) is 24.0 Å². The van der Waals surface area contributed by atoms with Crippen LogP contribution in [0.1, 0.15) is 49.3 Å². The van der Waals surface area contributed by atoms with Crippen molar-refractivity contribution in [3.05, 3.63) is 66.1 Å². The summed E-state index contributed by atoms with van der Waals surface area (Å²) in [5.74, 6) is 2.48. The van der Waals surface area contributed by atoms with Gasteiger partial charge in [-0.2, -0.15) is 0 Å². The van der Waals surface area contributed by atoms with Crippen LogP contribution in [0.4, 0.5) is 0 Å². The van der Waals surface area contributed by atoms with Crippen LogP contribution < -0.4 is 4.74 Å². The van der Waals surface area contributed by atoms with E-state index in [4.69, 9.17) is 9.72 Å². The highest BCUT2D eigenvalue weighted by molar-refractivity contribution is 5.82. The lowest BCUT2D eigenvalue weighted by atomic mass is 10.1. The number of hydrogen-bond acceptors (Lipinski definition) is 7. The van der Waals surface area contributed by atoms with Gasteiger partial charge in [0.2, 0.25) is 5.91 Å². The predicted octanol–water partition coefficient (Wildman–Crippen LogP) is 4.02. The minimum absolute atomic E-state index is 0.263. The van der Waals surface area contributed by atoms with Gasteiger partial charge in [0.05, 0.1) is 24.3 Å². The van der Waals surface area contributed by atoms with E-state index in [9.17, 15) is 4.79 Å². The molecule has 1 atom stereocenters. The van der Waals surface area contributed by atoms with Crippen LogP contribution in [0, 0.1) is 5.92 Å². The van der Waals surface area contributed by atoms with E-state index < -0.39 is 0 Å². The molecule has 2 fully saturated rings. The van der Waals surface area contributed by atoms with Gasteiger partial charge in [-0.3, -0.25) is 14.7 Å². The molecule has 1 aromatic carbocycles. The van der Waals surface area contributed by atoms with Gasteiger partial charge in [-0.1, -0.05) is 6.07 Å². The number of carbonyl (C=O) groups excluding carboxylic acids is 1. The summed E-state index contributed by atoms with van der Waals surface area (Å²) in [5.41, 5.74) is 5.74. The maximum Gasteiger partial charge on any atom is 0.222 e. The summed E-state index contributed by atoms with van der Waals surface area (Å²) >= 11 is 0. The largest absolute Gasteiger partial charge is 0.493 e. The monoisotopic (exact) mass is 511 g/mol. The Morgan fingerprint density at radius 3 is 2.76 bits per heavy atom. The number of fused-ring (bicyclic) bond motifs is 1. The van der Waals surface area contributed by atoms with Crippen LogP contribution in [0.25, 0.3) is 22.3 Å². The Morgan fingerprint density at radius 1 is 1.13 bits per heavy atom. The minimum atomic E-state index is 0.263. The normalized spacial score (nSPS) is 17.1. The third kappa shape index (κ3) is 5.24. The van der Waals surface area contributed by atoms with Gasteiger partial charge in [-0.25, -0.2) is 15.0 Å². The van der Waals surface area contributed by atoms with Crippen LogP contribution in [0.15, 0.2) is 49.1 Å². The van der Waals surface area contributed by atoms with E-state index in [2.05, 4.69) is 43.9 Å². The molecule has 0 bridgehead atoms. The van der Waals surface area contributed by atoms with E-state index in [1.54, 1.807) is 13.3 Å². The Labute approximate surface area is 222 Å². The molecule has 0 radical (unpaired) electrons.